The van der Waals surface area contributed by atoms with Crippen LogP contribution in [0.25, 0.3) is 0 Å². The Kier molecular flexibility index (Phi) is 9.24. The van der Waals surface area contributed by atoms with Gasteiger partial charge in [0.1, 0.15) is 5.75 Å². The van der Waals surface area contributed by atoms with E-state index in [4.69, 9.17) is 14.5 Å². The largest absolute Gasteiger partial charge is 0.497 e. The van der Waals surface area contributed by atoms with Gasteiger partial charge < -0.3 is 25.0 Å². The maximum absolute atomic E-state index is 5.57. The summed E-state index contributed by atoms with van der Waals surface area (Å²) in [4.78, 5) is 9.98. The van der Waals surface area contributed by atoms with Gasteiger partial charge in [-0.2, -0.15) is 0 Å². The van der Waals surface area contributed by atoms with Gasteiger partial charge in [-0.15, -0.1) is 0 Å². The smallest absolute Gasteiger partial charge is 0.191 e. The highest BCUT2D eigenvalue weighted by Gasteiger charge is 2.24. The first-order valence-electron chi connectivity index (χ1n) is 11.4. The molecule has 2 N–H and O–H groups in total. The van der Waals surface area contributed by atoms with Crippen molar-refractivity contribution in [1.29, 1.82) is 0 Å². The Hall–Kier alpha value is -1.83. The first-order valence-corrected chi connectivity index (χ1v) is 11.4. The molecule has 2 heterocycles. The lowest BCUT2D eigenvalue weighted by molar-refractivity contribution is 0.0179. The number of aliphatic imine (C=N–C) groups is 1. The number of ether oxygens (including phenoxy) is 2. The molecule has 2 aliphatic heterocycles. The van der Waals surface area contributed by atoms with Gasteiger partial charge in [-0.3, -0.25) is 9.89 Å². The Morgan fingerprint density at radius 1 is 1.17 bits per heavy atom. The lowest BCUT2D eigenvalue weighted by atomic mass is 10.0. The summed E-state index contributed by atoms with van der Waals surface area (Å²) in [5, 5.41) is 7.01. The molecule has 0 amide bonds. The molecule has 0 spiro atoms. The van der Waals surface area contributed by atoms with Crippen molar-refractivity contribution >= 4 is 5.96 Å². The van der Waals surface area contributed by atoms with E-state index in [0.29, 0.717) is 12.5 Å². The zero-order chi connectivity index (χ0) is 21.2. The van der Waals surface area contributed by atoms with Crippen molar-refractivity contribution in [2.45, 2.75) is 26.3 Å². The highest BCUT2D eigenvalue weighted by atomic mass is 16.5. The summed E-state index contributed by atoms with van der Waals surface area (Å²) in [6.07, 6.45) is 1.27. The molecule has 2 aliphatic rings. The molecule has 2 unspecified atom stereocenters. The van der Waals surface area contributed by atoms with Crippen LogP contribution in [0.5, 0.6) is 5.75 Å². The minimum Gasteiger partial charge on any atom is -0.497 e. The Labute approximate surface area is 181 Å². The predicted octanol–water partition coefficient (Wildman–Crippen LogP) is 1.97. The molecule has 7 heteroatoms. The van der Waals surface area contributed by atoms with E-state index in [-0.39, 0.29) is 6.04 Å². The van der Waals surface area contributed by atoms with E-state index >= 15 is 0 Å². The zero-order valence-electron chi connectivity index (χ0n) is 18.9. The SMILES string of the molecule is CCNC(=NCC(c1ccc(OC)cc1)N1CCOCC1)NCC1CCN(CC)C1. The van der Waals surface area contributed by atoms with E-state index < -0.39 is 0 Å². The molecule has 30 heavy (non-hydrogen) atoms. The van der Waals surface area contributed by atoms with Crippen molar-refractivity contribution in [3.05, 3.63) is 29.8 Å². The Morgan fingerprint density at radius 2 is 1.93 bits per heavy atom. The van der Waals surface area contributed by atoms with Gasteiger partial charge in [-0.25, -0.2) is 0 Å². The molecular formula is C23H39N5O2. The van der Waals surface area contributed by atoms with E-state index in [9.17, 15) is 0 Å². The third-order valence-corrected chi connectivity index (χ3v) is 6.13. The summed E-state index contributed by atoms with van der Waals surface area (Å²) >= 11 is 0. The van der Waals surface area contributed by atoms with Crippen molar-refractivity contribution < 1.29 is 9.47 Å². The minimum absolute atomic E-state index is 0.234. The van der Waals surface area contributed by atoms with Crippen LogP contribution in [-0.4, -0.2) is 88.4 Å². The molecule has 0 aliphatic carbocycles. The third-order valence-electron chi connectivity index (χ3n) is 6.13. The lowest BCUT2D eigenvalue weighted by Gasteiger charge is -2.34. The van der Waals surface area contributed by atoms with Crippen LogP contribution in [0, 0.1) is 5.92 Å². The van der Waals surface area contributed by atoms with E-state index in [0.717, 1.165) is 57.6 Å². The lowest BCUT2D eigenvalue weighted by Crippen LogP contribution is -2.42. The number of hydrogen-bond donors (Lipinski definition) is 2. The third kappa shape index (κ3) is 6.59. The number of guanidine groups is 1. The highest BCUT2D eigenvalue weighted by Crippen LogP contribution is 2.24. The van der Waals surface area contributed by atoms with Crippen molar-refractivity contribution in [2.75, 3.05) is 72.7 Å². The van der Waals surface area contributed by atoms with Gasteiger partial charge in [0.15, 0.2) is 5.96 Å². The van der Waals surface area contributed by atoms with Crippen LogP contribution in [0.3, 0.4) is 0 Å². The van der Waals surface area contributed by atoms with Crippen LogP contribution >= 0.6 is 0 Å². The summed E-state index contributed by atoms with van der Waals surface area (Å²) in [5.74, 6) is 2.50. The van der Waals surface area contributed by atoms with Gasteiger partial charge in [0, 0.05) is 32.7 Å². The van der Waals surface area contributed by atoms with Gasteiger partial charge in [0.05, 0.1) is 32.9 Å². The van der Waals surface area contributed by atoms with E-state index in [2.05, 4.69) is 46.4 Å². The number of nitrogens with one attached hydrogen (secondary N) is 2. The fourth-order valence-electron chi connectivity index (χ4n) is 4.27. The quantitative estimate of drug-likeness (QED) is 0.473. The molecule has 0 saturated carbocycles. The second-order valence-electron chi connectivity index (χ2n) is 8.09. The normalized spacial score (nSPS) is 22.1. The Bertz CT molecular complexity index is 645. The zero-order valence-corrected chi connectivity index (χ0v) is 18.9. The molecule has 2 fully saturated rings. The van der Waals surface area contributed by atoms with Gasteiger partial charge in [0.25, 0.3) is 0 Å². The number of methoxy groups -OCH3 is 1. The van der Waals surface area contributed by atoms with Crippen LogP contribution in [0.4, 0.5) is 0 Å². The first kappa shape index (κ1) is 22.8. The average molecular weight is 418 g/mol. The van der Waals surface area contributed by atoms with Gasteiger partial charge >= 0.3 is 0 Å². The van der Waals surface area contributed by atoms with Gasteiger partial charge in [0.2, 0.25) is 0 Å². The molecule has 2 atom stereocenters. The summed E-state index contributed by atoms with van der Waals surface area (Å²) < 4.78 is 10.9. The van der Waals surface area contributed by atoms with Crippen LogP contribution in [0.2, 0.25) is 0 Å². The molecule has 2 saturated heterocycles. The van der Waals surface area contributed by atoms with Crippen LogP contribution in [0.1, 0.15) is 31.9 Å². The highest BCUT2D eigenvalue weighted by molar-refractivity contribution is 5.79. The monoisotopic (exact) mass is 417 g/mol. The number of hydrogen-bond acceptors (Lipinski definition) is 5. The van der Waals surface area contributed by atoms with Crippen LogP contribution in [0.15, 0.2) is 29.3 Å². The Balaban J connectivity index is 1.65. The molecule has 7 nitrogen and oxygen atoms in total. The molecule has 168 valence electrons. The summed E-state index contributed by atoms with van der Waals surface area (Å²) in [6, 6.07) is 8.63. The number of benzene rings is 1. The number of morpholine rings is 1. The average Bonchev–Trinajstić information content (AvgIpc) is 3.27. The van der Waals surface area contributed by atoms with Crippen LogP contribution in [-0.2, 0) is 4.74 Å². The van der Waals surface area contributed by atoms with Crippen molar-refractivity contribution in [3.8, 4) is 5.75 Å². The van der Waals surface area contributed by atoms with E-state index in [1.165, 1.54) is 25.1 Å². The minimum atomic E-state index is 0.234. The first-order chi connectivity index (χ1) is 14.7. The number of nitrogens with zero attached hydrogens (tertiary/aromatic N) is 3. The summed E-state index contributed by atoms with van der Waals surface area (Å²) in [5.41, 5.74) is 1.27. The predicted molar refractivity (Wildman–Crippen MR) is 122 cm³/mol. The topological polar surface area (TPSA) is 61.4 Å². The van der Waals surface area contributed by atoms with Crippen LogP contribution < -0.4 is 15.4 Å². The van der Waals surface area contributed by atoms with E-state index in [1.807, 2.05) is 12.1 Å². The fourth-order valence-corrected chi connectivity index (χ4v) is 4.27. The molecule has 1 aromatic rings. The maximum Gasteiger partial charge on any atom is 0.191 e. The number of rotatable bonds is 9. The molecule has 3 rings (SSSR count). The molecule has 0 radical (unpaired) electrons. The van der Waals surface area contributed by atoms with Crippen molar-refractivity contribution in [2.24, 2.45) is 10.9 Å². The van der Waals surface area contributed by atoms with Gasteiger partial charge in [-0.1, -0.05) is 19.1 Å². The second-order valence-corrected chi connectivity index (χ2v) is 8.09. The second kappa shape index (κ2) is 12.1. The van der Waals surface area contributed by atoms with Crippen molar-refractivity contribution in [1.82, 2.24) is 20.4 Å². The standard InChI is InChI=1S/C23H39N5O2/c1-4-24-23(25-16-19-10-11-27(5-2)18-19)26-17-22(28-12-14-30-15-13-28)20-6-8-21(29-3)9-7-20/h6-9,19,22H,4-5,10-18H2,1-3H3,(H2,24,25,26). The molecule has 1 aromatic carbocycles. The fraction of sp³-hybridized carbons (Fsp3) is 0.696. The summed E-state index contributed by atoms with van der Waals surface area (Å²) in [6.45, 7) is 13.9. The Morgan fingerprint density at radius 3 is 2.57 bits per heavy atom. The maximum atomic E-state index is 5.57. The molecule has 0 aromatic heterocycles. The molecule has 0 bridgehead atoms. The van der Waals surface area contributed by atoms with Crippen molar-refractivity contribution in [3.63, 3.8) is 0 Å². The number of likely N-dealkylation sites (tertiary alicyclic amines) is 1. The van der Waals surface area contributed by atoms with Gasteiger partial charge in [-0.05, 0) is 50.0 Å². The van der Waals surface area contributed by atoms with E-state index in [1.54, 1.807) is 7.11 Å². The molecular weight excluding hydrogens is 378 g/mol. The summed E-state index contributed by atoms with van der Waals surface area (Å²) in [7, 11) is 1.71.